The summed E-state index contributed by atoms with van der Waals surface area (Å²) in [5.41, 5.74) is 2.90. The summed E-state index contributed by atoms with van der Waals surface area (Å²) in [6.45, 7) is 1.90. The summed E-state index contributed by atoms with van der Waals surface area (Å²) in [4.78, 5) is 11.2. The van der Waals surface area contributed by atoms with Gasteiger partial charge in [-0.15, -0.1) is 0 Å². The van der Waals surface area contributed by atoms with Gasteiger partial charge in [0.15, 0.2) is 0 Å². The van der Waals surface area contributed by atoms with Crippen molar-refractivity contribution in [2.45, 2.75) is 64.3 Å². The van der Waals surface area contributed by atoms with Crippen LogP contribution in [0.25, 0.3) is 0 Å². The van der Waals surface area contributed by atoms with Gasteiger partial charge in [-0.3, -0.25) is 0 Å². The summed E-state index contributed by atoms with van der Waals surface area (Å²) >= 11 is 0. The van der Waals surface area contributed by atoms with Gasteiger partial charge in [0.2, 0.25) is 0 Å². The van der Waals surface area contributed by atoms with Gasteiger partial charge in [-0.05, 0) is 68.6 Å². The minimum absolute atomic E-state index is 0.406. The van der Waals surface area contributed by atoms with E-state index in [1.165, 1.54) is 51.4 Å². The molecule has 0 radical (unpaired) electrons. The molecule has 114 valence electrons. The van der Waals surface area contributed by atoms with Crippen molar-refractivity contribution in [1.82, 2.24) is 0 Å². The molecular formula is C18H25NO2. The van der Waals surface area contributed by atoms with Gasteiger partial charge in [0.05, 0.1) is 5.56 Å². The molecule has 21 heavy (non-hydrogen) atoms. The minimum atomic E-state index is -0.843. The molecule has 2 fully saturated rings. The summed E-state index contributed by atoms with van der Waals surface area (Å²) in [7, 11) is 0. The zero-order valence-corrected chi connectivity index (χ0v) is 12.8. The smallest absolute Gasteiger partial charge is 0.336 e. The Balaban J connectivity index is 1.65. The molecule has 0 heterocycles. The number of benzene rings is 1. The van der Waals surface area contributed by atoms with Gasteiger partial charge in [-0.2, -0.15) is 0 Å². The number of hydrogen-bond donors (Lipinski definition) is 2. The number of carbonyl (C=O) groups is 1. The topological polar surface area (TPSA) is 49.3 Å². The van der Waals surface area contributed by atoms with Crippen LogP contribution in [0.5, 0.6) is 0 Å². The van der Waals surface area contributed by atoms with Crippen molar-refractivity contribution in [3.63, 3.8) is 0 Å². The van der Waals surface area contributed by atoms with Crippen LogP contribution in [0.3, 0.4) is 0 Å². The fraction of sp³-hybridized carbons (Fsp3) is 0.611. The zero-order chi connectivity index (χ0) is 14.9. The van der Waals surface area contributed by atoms with Crippen LogP contribution in [0.1, 0.15) is 67.3 Å². The van der Waals surface area contributed by atoms with Gasteiger partial charge in [0, 0.05) is 11.7 Å². The number of aromatic carboxylic acids is 1. The maximum Gasteiger partial charge on any atom is 0.336 e. The van der Waals surface area contributed by atoms with Crippen molar-refractivity contribution in [1.29, 1.82) is 0 Å². The fourth-order valence-electron chi connectivity index (χ4n) is 4.24. The van der Waals surface area contributed by atoms with E-state index in [0.717, 1.165) is 11.3 Å². The first kappa shape index (κ1) is 14.4. The third-order valence-electron chi connectivity index (χ3n) is 5.63. The van der Waals surface area contributed by atoms with E-state index in [9.17, 15) is 9.90 Å². The van der Waals surface area contributed by atoms with E-state index in [1.54, 1.807) is 6.07 Å². The lowest BCUT2D eigenvalue weighted by atomic mass is 9.71. The van der Waals surface area contributed by atoms with E-state index in [-0.39, 0.29) is 0 Å². The summed E-state index contributed by atoms with van der Waals surface area (Å²) in [6.07, 6.45) is 10.8. The molecule has 1 aromatic rings. The van der Waals surface area contributed by atoms with Crippen LogP contribution in [0.2, 0.25) is 0 Å². The first-order chi connectivity index (χ1) is 10.1. The molecule has 2 aliphatic rings. The molecule has 2 saturated carbocycles. The summed E-state index contributed by atoms with van der Waals surface area (Å²) in [5.74, 6) is -0.843. The van der Waals surface area contributed by atoms with Crippen molar-refractivity contribution in [2.24, 2.45) is 5.41 Å². The molecule has 0 bridgehead atoms. The van der Waals surface area contributed by atoms with E-state index in [4.69, 9.17) is 0 Å². The van der Waals surface area contributed by atoms with Crippen molar-refractivity contribution >= 4 is 11.7 Å². The minimum Gasteiger partial charge on any atom is -0.478 e. The third-order valence-corrected chi connectivity index (χ3v) is 5.63. The summed E-state index contributed by atoms with van der Waals surface area (Å²) in [5, 5.41) is 12.8. The Morgan fingerprint density at radius 2 is 1.86 bits per heavy atom. The molecule has 1 spiro atoms. The molecule has 2 N–H and O–H groups in total. The molecule has 2 aliphatic carbocycles. The largest absolute Gasteiger partial charge is 0.478 e. The molecule has 0 amide bonds. The molecule has 0 atom stereocenters. The zero-order valence-electron chi connectivity index (χ0n) is 12.8. The quantitative estimate of drug-likeness (QED) is 0.853. The number of rotatable bonds is 3. The number of anilines is 1. The second kappa shape index (κ2) is 5.70. The number of carboxylic acids is 1. The number of hydrogen-bond acceptors (Lipinski definition) is 2. The van der Waals surface area contributed by atoms with Crippen molar-refractivity contribution < 1.29 is 9.90 Å². The highest BCUT2D eigenvalue weighted by Crippen LogP contribution is 2.49. The molecule has 3 nitrogen and oxygen atoms in total. The molecule has 0 aromatic heterocycles. The van der Waals surface area contributed by atoms with E-state index in [1.807, 2.05) is 19.1 Å². The molecule has 3 heteroatoms. The monoisotopic (exact) mass is 287 g/mol. The van der Waals surface area contributed by atoms with Crippen molar-refractivity contribution in [3.8, 4) is 0 Å². The highest BCUT2D eigenvalue weighted by Gasteiger charge is 2.37. The average molecular weight is 287 g/mol. The third kappa shape index (κ3) is 2.92. The lowest BCUT2D eigenvalue weighted by Crippen LogP contribution is -2.32. The first-order valence-corrected chi connectivity index (χ1v) is 8.19. The maximum absolute atomic E-state index is 11.2. The second-order valence-corrected chi connectivity index (χ2v) is 6.91. The van der Waals surface area contributed by atoms with E-state index in [2.05, 4.69) is 5.32 Å². The van der Waals surface area contributed by atoms with Crippen LogP contribution in [-0.4, -0.2) is 17.1 Å². The molecule has 0 unspecified atom stereocenters. The van der Waals surface area contributed by atoms with Crippen LogP contribution in [0, 0.1) is 12.3 Å². The second-order valence-electron chi connectivity index (χ2n) is 6.91. The van der Waals surface area contributed by atoms with E-state index in [0.29, 0.717) is 17.0 Å². The van der Waals surface area contributed by atoms with Gasteiger partial charge in [-0.1, -0.05) is 18.9 Å². The molecular weight excluding hydrogens is 262 g/mol. The summed E-state index contributed by atoms with van der Waals surface area (Å²) in [6, 6.07) is 6.01. The molecule has 1 aromatic carbocycles. The van der Waals surface area contributed by atoms with Gasteiger partial charge in [0.25, 0.3) is 0 Å². The van der Waals surface area contributed by atoms with E-state index < -0.39 is 5.97 Å². The van der Waals surface area contributed by atoms with Crippen molar-refractivity contribution in [2.75, 3.05) is 5.32 Å². The Labute approximate surface area is 126 Å². The SMILES string of the molecule is Cc1c(NC2CCC3(CCCC3)CC2)cccc1C(=O)O. The molecule has 3 rings (SSSR count). The van der Waals surface area contributed by atoms with Gasteiger partial charge < -0.3 is 10.4 Å². The fourth-order valence-corrected chi connectivity index (χ4v) is 4.24. The Bertz CT molecular complexity index is 522. The van der Waals surface area contributed by atoms with Crippen LogP contribution in [0.15, 0.2) is 18.2 Å². The summed E-state index contributed by atoms with van der Waals surface area (Å²) < 4.78 is 0. The number of carboxylic acid groups (broad SMARTS) is 1. The molecule has 0 saturated heterocycles. The van der Waals surface area contributed by atoms with Crippen LogP contribution in [-0.2, 0) is 0 Å². The predicted octanol–water partition coefficient (Wildman–Crippen LogP) is 4.61. The lowest BCUT2D eigenvalue weighted by molar-refractivity contribution is 0.0696. The Kier molecular flexibility index (Phi) is 3.92. The van der Waals surface area contributed by atoms with Crippen LogP contribution in [0.4, 0.5) is 5.69 Å². The van der Waals surface area contributed by atoms with Gasteiger partial charge in [-0.25, -0.2) is 4.79 Å². The highest BCUT2D eigenvalue weighted by molar-refractivity contribution is 5.91. The Morgan fingerprint density at radius 3 is 2.48 bits per heavy atom. The standard InChI is InChI=1S/C18H25NO2/c1-13-15(17(20)21)5-4-6-16(13)19-14-7-11-18(12-8-14)9-2-3-10-18/h4-6,14,19H,2-3,7-12H2,1H3,(H,20,21). The Hall–Kier alpha value is -1.51. The normalized spacial score (nSPS) is 21.6. The first-order valence-electron chi connectivity index (χ1n) is 8.19. The van der Waals surface area contributed by atoms with Gasteiger partial charge in [0.1, 0.15) is 0 Å². The maximum atomic E-state index is 11.2. The van der Waals surface area contributed by atoms with Crippen LogP contribution >= 0.6 is 0 Å². The van der Waals surface area contributed by atoms with Crippen molar-refractivity contribution in [3.05, 3.63) is 29.3 Å². The highest BCUT2D eigenvalue weighted by atomic mass is 16.4. The van der Waals surface area contributed by atoms with E-state index >= 15 is 0 Å². The van der Waals surface area contributed by atoms with Gasteiger partial charge >= 0.3 is 5.97 Å². The predicted molar refractivity (Wildman–Crippen MR) is 84.9 cm³/mol. The Morgan fingerprint density at radius 1 is 1.19 bits per heavy atom. The number of nitrogens with one attached hydrogen (secondary N) is 1. The average Bonchev–Trinajstić information content (AvgIpc) is 2.92. The molecule has 0 aliphatic heterocycles. The van der Waals surface area contributed by atoms with Crippen LogP contribution < -0.4 is 5.32 Å². The lowest BCUT2D eigenvalue weighted by Gasteiger charge is -2.38.